The van der Waals surface area contributed by atoms with Gasteiger partial charge >= 0.3 is 0 Å². The number of aromatic nitrogens is 5. The van der Waals surface area contributed by atoms with E-state index in [2.05, 4.69) is 20.3 Å². The highest BCUT2D eigenvalue weighted by Crippen LogP contribution is 2.15. The molecule has 92 valence electrons. The molecule has 7 heteroatoms. The highest BCUT2D eigenvalue weighted by molar-refractivity contribution is 5.78. The van der Waals surface area contributed by atoms with Crippen LogP contribution in [-0.4, -0.2) is 30.3 Å². The molecule has 3 aromatic rings. The molecule has 2 aromatic heterocycles. The Morgan fingerprint density at radius 3 is 3.11 bits per heavy atom. The lowest BCUT2D eigenvalue weighted by atomic mass is 10.2. The molecular weight excluding hydrogens is 234 g/mol. The van der Waals surface area contributed by atoms with Gasteiger partial charge in [0.2, 0.25) is 0 Å². The van der Waals surface area contributed by atoms with Crippen LogP contribution in [0.4, 0.5) is 0 Å². The second-order valence-electron chi connectivity index (χ2n) is 3.85. The SMILES string of the molecule is On1ncc2cc(COCc3ncn[nH]3)ccc21. The van der Waals surface area contributed by atoms with Gasteiger partial charge in [-0.3, -0.25) is 5.10 Å². The van der Waals surface area contributed by atoms with Crippen molar-refractivity contribution in [1.82, 2.24) is 25.1 Å². The molecule has 0 fully saturated rings. The van der Waals surface area contributed by atoms with Crippen LogP contribution in [-0.2, 0) is 18.0 Å². The summed E-state index contributed by atoms with van der Waals surface area (Å²) in [7, 11) is 0. The van der Waals surface area contributed by atoms with Crippen LogP contribution in [0.3, 0.4) is 0 Å². The third-order valence-electron chi connectivity index (χ3n) is 2.59. The monoisotopic (exact) mass is 245 g/mol. The van der Waals surface area contributed by atoms with Gasteiger partial charge in [0.15, 0.2) is 0 Å². The van der Waals surface area contributed by atoms with Gasteiger partial charge in [-0.15, -0.1) is 9.94 Å². The average molecular weight is 245 g/mol. The fourth-order valence-corrected chi connectivity index (χ4v) is 1.72. The molecule has 0 unspecified atom stereocenters. The summed E-state index contributed by atoms with van der Waals surface area (Å²) < 4.78 is 5.50. The molecule has 0 atom stereocenters. The van der Waals surface area contributed by atoms with Crippen LogP contribution in [0.2, 0.25) is 0 Å². The Morgan fingerprint density at radius 1 is 1.33 bits per heavy atom. The third-order valence-corrected chi connectivity index (χ3v) is 2.59. The van der Waals surface area contributed by atoms with Gasteiger partial charge in [0.05, 0.1) is 12.8 Å². The van der Waals surface area contributed by atoms with Gasteiger partial charge < -0.3 is 9.94 Å². The molecule has 2 heterocycles. The van der Waals surface area contributed by atoms with Gasteiger partial charge in [0, 0.05) is 5.39 Å². The van der Waals surface area contributed by atoms with Crippen molar-refractivity contribution >= 4 is 10.9 Å². The molecule has 0 aliphatic carbocycles. The maximum absolute atomic E-state index is 9.36. The highest BCUT2D eigenvalue weighted by Gasteiger charge is 2.03. The molecule has 0 spiro atoms. The number of nitrogens with one attached hydrogen (secondary N) is 1. The molecule has 7 nitrogen and oxygen atoms in total. The first-order valence-corrected chi connectivity index (χ1v) is 5.41. The van der Waals surface area contributed by atoms with Crippen LogP contribution in [0.5, 0.6) is 0 Å². The van der Waals surface area contributed by atoms with E-state index >= 15 is 0 Å². The van der Waals surface area contributed by atoms with Crippen LogP contribution in [0.1, 0.15) is 11.4 Å². The predicted octanol–water partition coefficient (Wildman–Crippen LogP) is 1.11. The van der Waals surface area contributed by atoms with Crippen molar-refractivity contribution in [2.24, 2.45) is 0 Å². The van der Waals surface area contributed by atoms with Crippen molar-refractivity contribution in [2.75, 3.05) is 0 Å². The zero-order valence-corrected chi connectivity index (χ0v) is 9.45. The Labute approximate surface area is 102 Å². The quantitative estimate of drug-likeness (QED) is 0.672. The molecule has 0 radical (unpaired) electrons. The number of benzene rings is 1. The Hall–Kier alpha value is -2.41. The van der Waals surface area contributed by atoms with Crippen LogP contribution in [0.25, 0.3) is 10.9 Å². The molecule has 0 saturated carbocycles. The molecule has 0 aliphatic rings. The molecule has 0 amide bonds. The van der Waals surface area contributed by atoms with Crippen LogP contribution in [0, 0.1) is 0 Å². The largest absolute Gasteiger partial charge is 0.411 e. The van der Waals surface area contributed by atoms with Gasteiger partial charge in [0.1, 0.15) is 24.3 Å². The lowest BCUT2D eigenvalue weighted by Gasteiger charge is -2.02. The molecule has 0 aliphatic heterocycles. The standard InChI is InChI=1S/C11H11N5O2/c17-16-10-2-1-8(3-9(10)4-14-16)5-18-6-11-12-7-13-15-11/h1-4,7,17H,5-6H2,(H,12,13,15). The van der Waals surface area contributed by atoms with Crippen molar-refractivity contribution in [1.29, 1.82) is 0 Å². The minimum Gasteiger partial charge on any atom is -0.411 e. The summed E-state index contributed by atoms with van der Waals surface area (Å²) in [6.07, 6.45) is 3.05. The molecule has 18 heavy (non-hydrogen) atoms. The molecule has 3 rings (SSSR count). The molecular formula is C11H11N5O2. The summed E-state index contributed by atoms with van der Waals surface area (Å²) in [5, 5.41) is 20.5. The first-order chi connectivity index (χ1) is 8.83. The Morgan fingerprint density at radius 2 is 2.28 bits per heavy atom. The normalized spacial score (nSPS) is 11.1. The summed E-state index contributed by atoms with van der Waals surface area (Å²) in [6.45, 7) is 0.852. The van der Waals surface area contributed by atoms with Gasteiger partial charge in [-0.25, -0.2) is 4.98 Å². The van der Waals surface area contributed by atoms with Gasteiger partial charge in [0.25, 0.3) is 0 Å². The predicted molar refractivity (Wildman–Crippen MR) is 61.8 cm³/mol. The molecule has 2 N–H and O–H groups in total. The van der Waals surface area contributed by atoms with E-state index < -0.39 is 0 Å². The number of fused-ring (bicyclic) bond motifs is 1. The zero-order valence-electron chi connectivity index (χ0n) is 9.45. The lowest BCUT2D eigenvalue weighted by molar-refractivity contribution is 0.102. The molecule has 0 saturated heterocycles. The number of hydrogen-bond donors (Lipinski definition) is 2. The summed E-state index contributed by atoms with van der Waals surface area (Å²) in [4.78, 5) is 4.82. The van der Waals surface area contributed by atoms with Crippen molar-refractivity contribution in [3.05, 3.63) is 42.1 Å². The van der Waals surface area contributed by atoms with E-state index in [-0.39, 0.29) is 0 Å². The number of aromatic amines is 1. The fourth-order valence-electron chi connectivity index (χ4n) is 1.72. The van der Waals surface area contributed by atoms with Crippen molar-refractivity contribution in [2.45, 2.75) is 13.2 Å². The number of nitrogens with zero attached hydrogens (tertiary/aromatic N) is 4. The summed E-state index contributed by atoms with van der Waals surface area (Å²) in [5.41, 5.74) is 1.68. The first kappa shape index (κ1) is 10.7. The minimum atomic E-state index is 0.386. The van der Waals surface area contributed by atoms with Crippen molar-refractivity contribution < 1.29 is 9.94 Å². The number of ether oxygens (including phenoxy) is 1. The van der Waals surface area contributed by atoms with E-state index in [0.29, 0.717) is 24.6 Å². The zero-order chi connectivity index (χ0) is 12.4. The van der Waals surface area contributed by atoms with Crippen LogP contribution < -0.4 is 0 Å². The molecule has 1 aromatic carbocycles. The second kappa shape index (κ2) is 4.46. The van der Waals surface area contributed by atoms with Gasteiger partial charge in [-0.2, -0.15) is 5.10 Å². The summed E-state index contributed by atoms with van der Waals surface area (Å²) >= 11 is 0. The Kier molecular flexibility index (Phi) is 2.66. The fraction of sp³-hybridized carbons (Fsp3) is 0.182. The topological polar surface area (TPSA) is 88.8 Å². The van der Waals surface area contributed by atoms with Crippen LogP contribution >= 0.6 is 0 Å². The minimum absolute atomic E-state index is 0.386. The van der Waals surface area contributed by atoms with E-state index in [1.165, 1.54) is 6.33 Å². The van der Waals surface area contributed by atoms with Crippen molar-refractivity contribution in [3.8, 4) is 0 Å². The number of hydrogen-bond acceptors (Lipinski definition) is 5. The van der Waals surface area contributed by atoms with Gasteiger partial charge in [-0.05, 0) is 17.7 Å². The van der Waals surface area contributed by atoms with Gasteiger partial charge in [-0.1, -0.05) is 6.07 Å². The lowest BCUT2D eigenvalue weighted by Crippen LogP contribution is -1.96. The van der Waals surface area contributed by atoms with E-state index in [9.17, 15) is 5.21 Å². The van der Waals surface area contributed by atoms with E-state index in [1.807, 2.05) is 12.1 Å². The smallest absolute Gasteiger partial charge is 0.150 e. The maximum Gasteiger partial charge on any atom is 0.150 e. The summed E-state index contributed by atoms with van der Waals surface area (Å²) in [6, 6.07) is 5.61. The van der Waals surface area contributed by atoms with E-state index in [1.54, 1.807) is 12.3 Å². The van der Waals surface area contributed by atoms with Crippen LogP contribution in [0.15, 0.2) is 30.7 Å². The highest BCUT2D eigenvalue weighted by atomic mass is 16.5. The first-order valence-electron chi connectivity index (χ1n) is 5.41. The summed E-state index contributed by atoms with van der Waals surface area (Å²) in [5.74, 6) is 0.694. The second-order valence-corrected chi connectivity index (χ2v) is 3.85. The number of rotatable bonds is 4. The van der Waals surface area contributed by atoms with E-state index in [0.717, 1.165) is 15.8 Å². The molecule has 0 bridgehead atoms. The Balaban J connectivity index is 1.67. The van der Waals surface area contributed by atoms with Crippen molar-refractivity contribution in [3.63, 3.8) is 0 Å². The van der Waals surface area contributed by atoms with E-state index in [4.69, 9.17) is 4.74 Å². The third kappa shape index (κ3) is 2.03. The maximum atomic E-state index is 9.36. The average Bonchev–Trinajstić information content (AvgIpc) is 3.00. The Bertz CT molecular complexity index is 647. The number of H-pyrrole nitrogens is 1.